The van der Waals surface area contributed by atoms with E-state index in [0.29, 0.717) is 0 Å². The molecule has 88 valence electrons. The van der Waals surface area contributed by atoms with E-state index < -0.39 is 6.04 Å². The molecule has 2 unspecified atom stereocenters. The van der Waals surface area contributed by atoms with Crippen molar-refractivity contribution in [3.05, 3.63) is 0 Å². The van der Waals surface area contributed by atoms with Crippen LogP contribution in [0.2, 0.25) is 0 Å². The van der Waals surface area contributed by atoms with Crippen molar-refractivity contribution in [2.75, 3.05) is 14.1 Å². The van der Waals surface area contributed by atoms with E-state index in [-0.39, 0.29) is 24.3 Å². The Morgan fingerprint density at radius 2 is 1.93 bits per heavy atom. The highest BCUT2D eigenvalue weighted by Crippen LogP contribution is 1.95. The molecular formula is C10H21N3O2. The fourth-order valence-corrected chi connectivity index (χ4v) is 1.13. The van der Waals surface area contributed by atoms with E-state index in [1.807, 2.05) is 6.92 Å². The van der Waals surface area contributed by atoms with Gasteiger partial charge in [0.05, 0.1) is 0 Å². The third kappa shape index (κ3) is 5.37. The van der Waals surface area contributed by atoms with Gasteiger partial charge >= 0.3 is 0 Å². The van der Waals surface area contributed by atoms with Crippen LogP contribution in [0, 0.1) is 0 Å². The molecule has 0 fully saturated rings. The molecule has 0 spiro atoms. The Balaban J connectivity index is 4.02. The third-order valence-corrected chi connectivity index (χ3v) is 2.16. The van der Waals surface area contributed by atoms with Gasteiger partial charge in [0.15, 0.2) is 0 Å². The Labute approximate surface area is 91.0 Å². The lowest BCUT2D eigenvalue weighted by Gasteiger charge is -2.18. The molecule has 0 aromatic heterocycles. The van der Waals surface area contributed by atoms with Gasteiger partial charge in [0, 0.05) is 26.6 Å². The number of nitrogens with zero attached hydrogens (tertiary/aromatic N) is 1. The molecule has 0 heterocycles. The summed E-state index contributed by atoms with van der Waals surface area (Å²) in [7, 11) is 3.31. The Morgan fingerprint density at radius 1 is 1.40 bits per heavy atom. The molecule has 0 radical (unpaired) electrons. The van der Waals surface area contributed by atoms with E-state index in [9.17, 15) is 9.59 Å². The van der Waals surface area contributed by atoms with Crippen molar-refractivity contribution in [1.29, 1.82) is 0 Å². The Kier molecular flexibility index (Phi) is 5.93. The molecule has 3 N–H and O–H groups in total. The Hall–Kier alpha value is -1.10. The number of likely N-dealkylation sites (N-methyl/N-ethyl adjacent to an activating group) is 1. The number of carbonyl (C=O) groups excluding carboxylic acids is 2. The second kappa shape index (κ2) is 6.40. The van der Waals surface area contributed by atoms with E-state index in [1.54, 1.807) is 21.0 Å². The number of nitrogens with two attached hydrogens (primary N) is 1. The molecule has 15 heavy (non-hydrogen) atoms. The van der Waals surface area contributed by atoms with E-state index in [1.165, 1.54) is 4.90 Å². The van der Waals surface area contributed by atoms with Gasteiger partial charge in [-0.1, -0.05) is 6.92 Å². The van der Waals surface area contributed by atoms with Gasteiger partial charge in [-0.15, -0.1) is 0 Å². The summed E-state index contributed by atoms with van der Waals surface area (Å²) in [6, 6.07) is -0.622. The molecule has 0 aliphatic heterocycles. The minimum absolute atomic E-state index is 0.117. The van der Waals surface area contributed by atoms with Crippen LogP contribution in [0.15, 0.2) is 0 Å². The number of hydrogen-bond donors (Lipinski definition) is 2. The zero-order valence-corrected chi connectivity index (χ0v) is 9.91. The van der Waals surface area contributed by atoms with Crippen LogP contribution < -0.4 is 11.1 Å². The van der Waals surface area contributed by atoms with Gasteiger partial charge < -0.3 is 16.0 Å². The summed E-state index contributed by atoms with van der Waals surface area (Å²) in [6.45, 7) is 3.59. The second-order valence-corrected chi connectivity index (χ2v) is 3.89. The van der Waals surface area contributed by atoms with Crippen molar-refractivity contribution in [2.45, 2.75) is 38.8 Å². The number of amides is 2. The summed E-state index contributed by atoms with van der Waals surface area (Å²) in [5.41, 5.74) is 5.63. The first-order valence-electron chi connectivity index (χ1n) is 5.14. The number of carbonyl (C=O) groups is 2. The highest BCUT2D eigenvalue weighted by molar-refractivity contribution is 5.87. The first-order chi connectivity index (χ1) is 6.88. The molecule has 0 aliphatic rings. The summed E-state index contributed by atoms with van der Waals surface area (Å²) >= 11 is 0. The third-order valence-electron chi connectivity index (χ3n) is 2.16. The maximum absolute atomic E-state index is 11.4. The summed E-state index contributed by atoms with van der Waals surface area (Å²) in [4.78, 5) is 24.3. The van der Waals surface area contributed by atoms with Gasteiger partial charge in [-0.3, -0.25) is 9.59 Å². The van der Waals surface area contributed by atoms with E-state index in [4.69, 9.17) is 5.73 Å². The maximum Gasteiger partial charge on any atom is 0.244 e. The van der Waals surface area contributed by atoms with Crippen LogP contribution in [-0.2, 0) is 9.59 Å². The molecule has 2 amide bonds. The molecule has 0 rings (SSSR count). The van der Waals surface area contributed by atoms with Crippen LogP contribution in [0.3, 0.4) is 0 Å². The second-order valence-electron chi connectivity index (χ2n) is 3.89. The fourth-order valence-electron chi connectivity index (χ4n) is 1.13. The van der Waals surface area contributed by atoms with Crippen LogP contribution in [0.5, 0.6) is 0 Å². The highest BCUT2D eigenvalue weighted by atomic mass is 16.2. The quantitative estimate of drug-likeness (QED) is 0.661. The minimum atomic E-state index is -0.489. The molecule has 0 aromatic carbocycles. The standard InChI is InChI=1S/C10H21N3O2/c1-5-8(11)6-9(14)12-7(2)10(15)13(3)4/h7-8H,5-6,11H2,1-4H3,(H,12,14). The average molecular weight is 215 g/mol. The van der Waals surface area contributed by atoms with E-state index >= 15 is 0 Å². The van der Waals surface area contributed by atoms with E-state index in [0.717, 1.165) is 6.42 Å². The average Bonchev–Trinajstić information content (AvgIpc) is 2.15. The van der Waals surface area contributed by atoms with Crippen molar-refractivity contribution in [3.63, 3.8) is 0 Å². The molecular weight excluding hydrogens is 194 g/mol. The summed E-state index contributed by atoms with van der Waals surface area (Å²) in [6.07, 6.45) is 1.02. The predicted octanol–water partition coefficient (Wildman–Crippen LogP) is -0.293. The Morgan fingerprint density at radius 3 is 2.33 bits per heavy atom. The van der Waals surface area contributed by atoms with Crippen molar-refractivity contribution in [3.8, 4) is 0 Å². The van der Waals surface area contributed by atoms with Gasteiger partial charge in [-0.25, -0.2) is 0 Å². The minimum Gasteiger partial charge on any atom is -0.347 e. The fraction of sp³-hybridized carbons (Fsp3) is 0.800. The van der Waals surface area contributed by atoms with Crippen LogP contribution in [0.4, 0.5) is 0 Å². The SMILES string of the molecule is CCC(N)CC(=O)NC(C)C(=O)N(C)C. The summed E-state index contributed by atoms with van der Waals surface area (Å²) < 4.78 is 0. The highest BCUT2D eigenvalue weighted by Gasteiger charge is 2.17. The van der Waals surface area contributed by atoms with Crippen molar-refractivity contribution in [1.82, 2.24) is 10.2 Å². The topological polar surface area (TPSA) is 75.4 Å². The lowest BCUT2D eigenvalue weighted by molar-refractivity contribution is -0.134. The lowest BCUT2D eigenvalue weighted by Crippen LogP contribution is -2.45. The normalized spacial score (nSPS) is 14.2. The Bertz CT molecular complexity index is 229. The van der Waals surface area contributed by atoms with Gasteiger partial charge in [0.25, 0.3) is 0 Å². The van der Waals surface area contributed by atoms with E-state index in [2.05, 4.69) is 5.32 Å². The number of nitrogens with one attached hydrogen (secondary N) is 1. The van der Waals surface area contributed by atoms with Gasteiger partial charge in [0.1, 0.15) is 6.04 Å². The zero-order chi connectivity index (χ0) is 12.0. The molecule has 5 nitrogen and oxygen atoms in total. The van der Waals surface area contributed by atoms with Crippen LogP contribution >= 0.6 is 0 Å². The molecule has 0 aliphatic carbocycles. The first-order valence-corrected chi connectivity index (χ1v) is 5.14. The monoisotopic (exact) mass is 215 g/mol. The number of rotatable bonds is 5. The first kappa shape index (κ1) is 13.9. The number of hydrogen-bond acceptors (Lipinski definition) is 3. The molecule has 0 saturated carbocycles. The summed E-state index contributed by atoms with van der Waals surface area (Å²) in [5, 5.41) is 2.62. The summed E-state index contributed by atoms with van der Waals surface area (Å²) in [5.74, 6) is -0.291. The molecule has 0 bridgehead atoms. The zero-order valence-electron chi connectivity index (χ0n) is 9.91. The smallest absolute Gasteiger partial charge is 0.244 e. The van der Waals surface area contributed by atoms with Crippen molar-refractivity contribution >= 4 is 11.8 Å². The van der Waals surface area contributed by atoms with Gasteiger partial charge in [-0.05, 0) is 13.3 Å². The van der Waals surface area contributed by atoms with Crippen LogP contribution in [0.25, 0.3) is 0 Å². The van der Waals surface area contributed by atoms with Crippen molar-refractivity contribution < 1.29 is 9.59 Å². The molecule has 0 saturated heterocycles. The van der Waals surface area contributed by atoms with Gasteiger partial charge in [-0.2, -0.15) is 0 Å². The largest absolute Gasteiger partial charge is 0.347 e. The molecule has 2 atom stereocenters. The predicted molar refractivity (Wildman–Crippen MR) is 59.2 cm³/mol. The van der Waals surface area contributed by atoms with Crippen LogP contribution in [-0.4, -0.2) is 42.9 Å². The maximum atomic E-state index is 11.4. The van der Waals surface area contributed by atoms with Gasteiger partial charge in [0.2, 0.25) is 11.8 Å². The molecule has 5 heteroatoms. The van der Waals surface area contributed by atoms with Crippen LogP contribution in [0.1, 0.15) is 26.7 Å². The lowest BCUT2D eigenvalue weighted by atomic mass is 10.1. The van der Waals surface area contributed by atoms with Crippen molar-refractivity contribution in [2.24, 2.45) is 5.73 Å². The molecule has 0 aromatic rings.